The fraction of sp³-hybridized carbons (Fsp3) is 0.571. The number of fused-ring (bicyclic) bond motifs is 2. The second-order valence-electron chi connectivity index (χ2n) is 8.07. The normalized spacial score (nSPS) is 31.1. The predicted molar refractivity (Wildman–Crippen MR) is 100 cm³/mol. The van der Waals surface area contributed by atoms with E-state index in [2.05, 4.69) is 13.0 Å². The lowest BCUT2D eigenvalue weighted by Crippen LogP contribution is -2.62. The summed E-state index contributed by atoms with van der Waals surface area (Å²) >= 11 is 0. The van der Waals surface area contributed by atoms with E-state index in [0.29, 0.717) is 24.5 Å². The Morgan fingerprint density at radius 2 is 2.00 bits per heavy atom. The molecule has 1 aromatic carbocycles. The summed E-state index contributed by atoms with van der Waals surface area (Å²) in [6, 6.07) is 6.27. The van der Waals surface area contributed by atoms with Crippen LogP contribution in [0.25, 0.3) is 0 Å². The standard InChI is InChI=1S/C21H25N3O4/c1-4-5-8-23-13(2)19(25)24-15(20(23)26)10-21(3,11-22)18(24)14-6-7-16-17(9-14)28-12-27-16/h6-7,9,13,15,18H,4-5,8,10,12H2,1-3H3/t13-,15+,18+,21-/m1/s1. The summed E-state index contributed by atoms with van der Waals surface area (Å²) < 4.78 is 10.9. The first kappa shape index (κ1) is 18.6. The highest BCUT2D eigenvalue weighted by atomic mass is 16.7. The Morgan fingerprint density at radius 3 is 2.71 bits per heavy atom. The van der Waals surface area contributed by atoms with Crippen LogP contribution in [-0.4, -0.2) is 47.0 Å². The van der Waals surface area contributed by atoms with Crippen molar-refractivity contribution in [2.24, 2.45) is 5.41 Å². The fourth-order valence-corrected chi connectivity index (χ4v) is 4.67. The summed E-state index contributed by atoms with van der Waals surface area (Å²) in [5.74, 6) is 1.11. The number of hydrogen-bond donors (Lipinski definition) is 0. The third kappa shape index (κ3) is 2.62. The van der Waals surface area contributed by atoms with Gasteiger partial charge in [0.1, 0.15) is 12.1 Å². The number of hydrogen-bond acceptors (Lipinski definition) is 5. The molecule has 0 aliphatic carbocycles. The number of rotatable bonds is 4. The zero-order valence-electron chi connectivity index (χ0n) is 16.5. The Kier molecular flexibility index (Phi) is 4.45. The highest BCUT2D eigenvalue weighted by Gasteiger charge is 2.59. The third-order valence-corrected chi connectivity index (χ3v) is 6.20. The van der Waals surface area contributed by atoms with E-state index in [-0.39, 0.29) is 18.6 Å². The monoisotopic (exact) mass is 383 g/mol. The Bertz CT molecular complexity index is 864. The lowest BCUT2D eigenvalue weighted by Gasteiger charge is -2.43. The van der Waals surface area contributed by atoms with Gasteiger partial charge < -0.3 is 19.3 Å². The Morgan fingerprint density at radius 1 is 1.25 bits per heavy atom. The molecule has 0 saturated carbocycles. The lowest BCUT2D eigenvalue weighted by atomic mass is 9.79. The zero-order valence-corrected chi connectivity index (χ0v) is 16.5. The van der Waals surface area contributed by atoms with Crippen molar-refractivity contribution in [2.75, 3.05) is 13.3 Å². The van der Waals surface area contributed by atoms with Crippen LogP contribution in [0, 0.1) is 16.7 Å². The Labute approximate surface area is 164 Å². The molecular formula is C21H25N3O4. The molecule has 2 saturated heterocycles. The fourth-order valence-electron chi connectivity index (χ4n) is 4.67. The van der Waals surface area contributed by atoms with Crippen LogP contribution >= 0.6 is 0 Å². The smallest absolute Gasteiger partial charge is 0.246 e. The van der Waals surface area contributed by atoms with Crippen LogP contribution in [0.2, 0.25) is 0 Å². The SMILES string of the molecule is CCCCN1C(=O)[C@@H]2C[C@](C)(C#N)[C@H](c3ccc4c(c3)OCO4)N2C(=O)[C@H]1C. The molecule has 3 aliphatic rings. The van der Waals surface area contributed by atoms with E-state index in [4.69, 9.17) is 9.47 Å². The van der Waals surface area contributed by atoms with Crippen molar-refractivity contribution >= 4 is 11.8 Å². The number of carbonyl (C=O) groups excluding carboxylic acids is 2. The summed E-state index contributed by atoms with van der Waals surface area (Å²) in [5.41, 5.74) is -0.0596. The van der Waals surface area contributed by atoms with Gasteiger partial charge in [-0.25, -0.2) is 0 Å². The number of nitrogens with zero attached hydrogens (tertiary/aromatic N) is 3. The van der Waals surface area contributed by atoms with Crippen LogP contribution in [0.5, 0.6) is 11.5 Å². The van der Waals surface area contributed by atoms with Crippen LogP contribution in [-0.2, 0) is 9.59 Å². The minimum atomic E-state index is -0.857. The highest BCUT2D eigenvalue weighted by molar-refractivity contribution is 5.98. The summed E-state index contributed by atoms with van der Waals surface area (Å²) in [4.78, 5) is 29.9. The van der Waals surface area contributed by atoms with Crippen LogP contribution < -0.4 is 9.47 Å². The van der Waals surface area contributed by atoms with Gasteiger partial charge in [-0.3, -0.25) is 9.59 Å². The average molecular weight is 383 g/mol. The van der Waals surface area contributed by atoms with Crippen LogP contribution in [0.15, 0.2) is 18.2 Å². The molecule has 3 heterocycles. The number of piperazine rings is 1. The van der Waals surface area contributed by atoms with Crippen molar-refractivity contribution in [3.8, 4) is 17.6 Å². The van der Waals surface area contributed by atoms with Gasteiger partial charge in [-0.1, -0.05) is 19.4 Å². The molecule has 148 valence electrons. The van der Waals surface area contributed by atoms with Gasteiger partial charge in [0.15, 0.2) is 11.5 Å². The Hall–Kier alpha value is -2.75. The maximum atomic E-state index is 13.3. The van der Waals surface area contributed by atoms with Gasteiger partial charge in [0.05, 0.1) is 17.5 Å². The maximum absolute atomic E-state index is 13.3. The van der Waals surface area contributed by atoms with Crippen molar-refractivity contribution < 1.29 is 19.1 Å². The molecule has 0 N–H and O–H groups in total. The van der Waals surface area contributed by atoms with Gasteiger partial charge in [0.25, 0.3) is 0 Å². The first-order valence-electron chi connectivity index (χ1n) is 9.84. The molecule has 4 atom stereocenters. The summed E-state index contributed by atoms with van der Waals surface area (Å²) in [6.07, 6.45) is 2.15. The largest absolute Gasteiger partial charge is 0.454 e. The summed E-state index contributed by atoms with van der Waals surface area (Å²) in [7, 11) is 0. The highest BCUT2D eigenvalue weighted by Crippen LogP contribution is 2.52. The second-order valence-corrected chi connectivity index (χ2v) is 8.07. The third-order valence-electron chi connectivity index (χ3n) is 6.20. The molecule has 0 unspecified atom stereocenters. The van der Waals surface area contributed by atoms with Crippen LogP contribution in [0.4, 0.5) is 0 Å². The van der Waals surface area contributed by atoms with Gasteiger partial charge in [0.2, 0.25) is 18.6 Å². The first-order valence-corrected chi connectivity index (χ1v) is 9.84. The van der Waals surface area contributed by atoms with Crippen molar-refractivity contribution in [2.45, 2.75) is 58.2 Å². The molecule has 3 aliphatic heterocycles. The molecule has 7 heteroatoms. The maximum Gasteiger partial charge on any atom is 0.246 e. The summed E-state index contributed by atoms with van der Waals surface area (Å²) in [5, 5.41) is 9.97. The lowest BCUT2D eigenvalue weighted by molar-refractivity contribution is -0.160. The van der Waals surface area contributed by atoms with Crippen molar-refractivity contribution in [1.82, 2.24) is 9.80 Å². The number of benzene rings is 1. The second kappa shape index (κ2) is 6.69. The minimum Gasteiger partial charge on any atom is -0.454 e. The quantitative estimate of drug-likeness (QED) is 0.798. The van der Waals surface area contributed by atoms with E-state index in [1.807, 2.05) is 19.1 Å². The van der Waals surface area contributed by atoms with E-state index in [1.165, 1.54) is 0 Å². The molecule has 0 bridgehead atoms. The van der Waals surface area contributed by atoms with E-state index in [1.54, 1.807) is 22.8 Å². The van der Waals surface area contributed by atoms with Crippen molar-refractivity contribution in [3.63, 3.8) is 0 Å². The molecular weight excluding hydrogens is 358 g/mol. The van der Waals surface area contributed by atoms with Crippen molar-refractivity contribution in [1.29, 1.82) is 5.26 Å². The zero-order chi connectivity index (χ0) is 20.1. The van der Waals surface area contributed by atoms with Crippen LogP contribution in [0.3, 0.4) is 0 Å². The molecule has 4 rings (SSSR count). The molecule has 1 aromatic rings. The van der Waals surface area contributed by atoms with Gasteiger partial charge >= 0.3 is 0 Å². The molecule has 0 aromatic heterocycles. The van der Waals surface area contributed by atoms with E-state index in [0.717, 1.165) is 18.4 Å². The van der Waals surface area contributed by atoms with Gasteiger partial charge in [0, 0.05) is 6.54 Å². The first-order chi connectivity index (χ1) is 13.4. The van der Waals surface area contributed by atoms with Gasteiger partial charge in [-0.2, -0.15) is 5.26 Å². The molecule has 0 spiro atoms. The molecule has 0 radical (unpaired) electrons. The molecule has 2 amide bonds. The van der Waals surface area contributed by atoms with Gasteiger partial charge in [-0.15, -0.1) is 0 Å². The van der Waals surface area contributed by atoms with E-state index >= 15 is 0 Å². The molecule has 7 nitrogen and oxygen atoms in total. The number of amides is 2. The van der Waals surface area contributed by atoms with Crippen LogP contribution in [0.1, 0.15) is 51.6 Å². The van der Waals surface area contributed by atoms with Crippen molar-refractivity contribution in [3.05, 3.63) is 23.8 Å². The number of nitriles is 1. The molecule has 28 heavy (non-hydrogen) atoms. The number of carbonyl (C=O) groups is 2. The predicted octanol–water partition coefficient (Wildman–Crippen LogP) is 2.62. The van der Waals surface area contributed by atoms with E-state index < -0.39 is 23.5 Å². The topological polar surface area (TPSA) is 82.9 Å². The average Bonchev–Trinajstić information content (AvgIpc) is 3.28. The number of unbranched alkanes of at least 4 members (excludes halogenated alkanes) is 1. The number of ether oxygens (including phenoxy) is 2. The Balaban J connectivity index is 1.74. The van der Waals surface area contributed by atoms with Gasteiger partial charge in [-0.05, 0) is 44.4 Å². The minimum absolute atomic E-state index is 0.0507. The molecule has 2 fully saturated rings. The summed E-state index contributed by atoms with van der Waals surface area (Å²) in [6.45, 7) is 6.41. The van der Waals surface area contributed by atoms with E-state index in [9.17, 15) is 14.9 Å².